The molecular weight excluding hydrogens is 282 g/mol. The highest BCUT2D eigenvalue weighted by molar-refractivity contribution is 6.31. The third-order valence-corrected chi connectivity index (χ3v) is 4.87. The Morgan fingerprint density at radius 3 is 2.81 bits per heavy atom. The number of hydrogen-bond donors (Lipinski definition) is 0. The Bertz CT molecular complexity index is 474. The molecule has 1 aromatic carbocycles. The van der Waals surface area contributed by atoms with E-state index in [4.69, 9.17) is 11.6 Å². The molecular formula is C18H26ClNO. The number of hydrogen-bond acceptors (Lipinski definition) is 2. The van der Waals surface area contributed by atoms with Gasteiger partial charge >= 0.3 is 0 Å². The van der Waals surface area contributed by atoms with Crippen LogP contribution in [0.5, 0.6) is 0 Å². The summed E-state index contributed by atoms with van der Waals surface area (Å²) in [6.07, 6.45) is 5.42. The lowest BCUT2D eigenvalue weighted by molar-refractivity contribution is -0.126. The van der Waals surface area contributed by atoms with E-state index in [-0.39, 0.29) is 5.92 Å². The zero-order chi connectivity index (χ0) is 15.2. The molecule has 2 rings (SSSR count). The summed E-state index contributed by atoms with van der Waals surface area (Å²) in [5.74, 6) is 1.41. The quantitative estimate of drug-likeness (QED) is 0.768. The van der Waals surface area contributed by atoms with Gasteiger partial charge in [-0.25, -0.2) is 0 Å². The molecule has 3 heteroatoms. The van der Waals surface area contributed by atoms with E-state index in [2.05, 4.69) is 24.9 Å². The predicted octanol–water partition coefficient (Wildman–Crippen LogP) is 4.56. The molecule has 0 spiro atoms. The fourth-order valence-corrected chi connectivity index (χ4v) is 3.60. The molecule has 1 aliphatic carbocycles. The normalized spacial score (nSPS) is 22.8. The number of rotatable bonds is 6. The van der Waals surface area contributed by atoms with E-state index in [1.54, 1.807) is 0 Å². The monoisotopic (exact) mass is 307 g/mol. The highest BCUT2D eigenvalue weighted by Gasteiger charge is 2.28. The van der Waals surface area contributed by atoms with Crippen LogP contribution >= 0.6 is 11.6 Å². The Hall–Kier alpha value is -0.860. The SMILES string of the molecule is CCCC1CCC(=O)C(CN(C)Cc2ccccc2Cl)C1. The van der Waals surface area contributed by atoms with Gasteiger partial charge in [0.15, 0.2) is 0 Å². The first-order chi connectivity index (χ1) is 10.1. The number of carbonyl (C=O) groups excluding carboxylic acids is 1. The van der Waals surface area contributed by atoms with Crippen molar-refractivity contribution in [3.8, 4) is 0 Å². The van der Waals surface area contributed by atoms with Crippen LogP contribution in [-0.4, -0.2) is 24.3 Å². The van der Waals surface area contributed by atoms with Crippen LogP contribution in [0.1, 0.15) is 44.6 Å². The molecule has 0 saturated heterocycles. The third kappa shape index (κ3) is 4.82. The van der Waals surface area contributed by atoms with Gasteiger partial charge in [-0.15, -0.1) is 0 Å². The molecule has 1 aromatic rings. The minimum absolute atomic E-state index is 0.211. The van der Waals surface area contributed by atoms with Crippen LogP contribution in [0.15, 0.2) is 24.3 Å². The summed E-state index contributed by atoms with van der Waals surface area (Å²) in [4.78, 5) is 14.4. The first kappa shape index (κ1) is 16.5. The highest BCUT2D eigenvalue weighted by Crippen LogP contribution is 2.30. The maximum atomic E-state index is 12.1. The fraction of sp³-hybridized carbons (Fsp3) is 0.611. The Balaban J connectivity index is 1.90. The number of carbonyl (C=O) groups is 1. The summed E-state index contributed by atoms with van der Waals surface area (Å²) in [5.41, 5.74) is 1.13. The van der Waals surface area contributed by atoms with Crippen LogP contribution in [0.4, 0.5) is 0 Å². The maximum Gasteiger partial charge on any atom is 0.137 e. The summed E-state index contributed by atoms with van der Waals surface area (Å²) >= 11 is 6.21. The molecule has 1 aliphatic rings. The van der Waals surface area contributed by atoms with Gasteiger partial charge in [0.05, 0.1) is 0 Å². The fourth-order valence-electron chi connectivity index (χ4n) is 3.41. The van der Waals surface area contributed by atoms with Gasteiger partial charge in [-0.2, -0.15) is 0 Å². The number of benzene rings is 1. The maximum absolute atomic E-state index is 12.1. The van der Waals surface area contributed by atoms with Crippen molar-refractivity contribution >= 4 is 17.4 Å². The van der Waals surface area contributed by atoms with Gasteiger partial charge in [0.1, 0.15) is 5.78 Å². The topological polar surface area (TPSA) is 20.3 Å². The molecule has 0 heterocycles. The molecule has 0 radical (unpaired) electrons. The second-order valence-electron chi connectivity index (χ2n) is 6.38. The summed E-state index contributed by atoms with van der Waals surface area (Å²) in [6.45, 7) is 3.89. The molecule has 21 heavy (non-hydrogen) atoms. The molecule has 1 fully saturated rings. The van der Waals surface area contributed by atoms with Crippen molar-refractivity contribution in [3.05, 3.63) is 34.9 Å². The lowest BCUT2D eigenvalue weighted by Gasteiger charge is -2.31. The molecule has 2 nitrogen and oxygen atoms in total. The van der Waals surface area contributed by atoms with Gasteiger partial charge < -0.3 is 4.90 Å². The van der Waals surface area contributed by atoms with E-state index >= 15 is 0 Å². The summed E-state index contributed by atoms with van der Waals surface area (Å²) in [7, 11) is 2.08. The van der Waals surface area contributed by atoms with E-state index in [1.807, 2.05) is 18.2 Å². The molecule has 2 unspecified atom stereocenters. The standard InChI is InChI=1S/C18H26ClNO/c1-3-6-14-9-10-18(21)16(11-14)13-20(2)12-15-7-4-5-8-17(15)19/h4-5,7-8,14,16H,3,6,9-13H2,1-2H3. The highest BCUT2D eigenvalue weighted by atomic mass is 35.5. The van der Waals surface area contributed by atoms with E-state index in [0.29, 0.717) is 5.78 Å². The number of Topliss-reactive ketones (excluding diaryl/α,β-unsaturated/α-hetero) is 1. The summed E-state index contributed by atoms with van der Waals surface area (Å²) in [5, 5.41) is 0.809. The molecule has 0 bridgehead atoms. The second kappa shape index (κ2) is 7.95. The summed E-state index contributed by atoms with van der Waals surface area (Å²) < 4.78 is 0. The lowest BCUT2D eigenvalue weighted by Crippen LogP contribution is -2.34. The average molecular weight is 308 g/mol. The van der Waals surface area contributed by atoms with Crippen LogP contribution in [0, 0.1) is 11.8 Å². The van der Waals surface area contributed by atoms with Crippen LogP contribution in [0.3, 0.4) is 0 Å². The molecule has 0 N–H and O–H groups in total. The molecule has 116 valence electrons. The molecule has 1 saturated carbocycles. The zero-order valence-electron chi connectivity index (χ0n) is 13.1. The van der Waals surface area contributed by atoms with Gasteiger partial charge in [-0.3, -0.25) is 4.79 Å². The minimum Gasteiger partial charge on any atom is -0.301 e. The Morgan fingerprint density at radius 1 is 1.33 bits per heavy atom. The largest absolute Gasteiger partial charge is 0.301 e. The van der Waals surface area contributed by atoms with Gasteiger partial charge in [-0.05, 0) is 37.4 Å². The van der Waals surface area contributed by atoms with Gasteiger partial charge in [-0.1, -0.05) is 49.6 Å². The molecule has 0 amide bonds. The van der Waals surface area contributed by atoms with E-state index < -0.39 is 0 Å². The van der Waals surface area contributed by atoms with Gasteiger partial charge in [0.25, 0.3) is 0 Å². The average Bonchev–Trinajstić information content (AvgIpc) is 2.45. The number of halogens is 1. The minimum atomic E-state index is 0.211. The van der Waals surface area contributed by atoms with Crippen molar-refractivity contribution in [3.63, 3.8) is 0 Å². The number of nitrogens with zero attached hydrogens (tertiary/aromatic N) is 1. The van der Waals surface area contributed by atoms with Crippen molar-refractivity contribution in [2.45, 2.75) is 45.6 Å². The van der Waals surface area contributed by atoms with E-state index in [0.717, 1.165) is 48.9 Å². The first-order valence-electron chi connectivity index (χ1n) is 8.04. The predicted molar refractivity (Wildman–Crippen MR) is 88.5 cm³/mol. The van der Waals surface area contributed by atoms with Crippen molar-refractivity contribution in [1.82, 2.24) is 4.90 Å². The van der Waals surface area contributed by atoms with Crippen molar-refractivity contribution < 1.29 is 4.79 Å². The lowest BCUT2D eigenvalue weighted by atomic mass is 9.78. The van der Waals surface area contributed by atoms with E-state index in [9.17, 15) is 4.79 Å². The second-order valence-corrected chi connectivity index (χ2v) is 6.79. The molecule has 2 atom stereocenters. The van der Waals surface area contributed by atoms with Crippen LogP contribution in [0.2, 0.25) is 5.02 Å². The van der Waals surface area contributed by atoms with Crippen LogP contribution in [-0.2, 0) is 11.3 Å². The smallest absolute Gasteiger partial charge is 0.137 e. The van der Waals surface area contributed by atoms with Gasteiger partial charge in [0.2, 0.25) is 0 Å². The molecule has 0 aromatic heterocycles. The Labute approximate surface area is 133 Å². The first-order valence-corrected chi connectivity index (χ1v) is 8.42. The van der Waals surface area contributed by atoms with Crippen molar-refractivity contribution in [2.24, 2.45) is 11.8 Å². The Kier molecular flexibility index (Phi) is 6.25. The van der Waals surface area contributed by atoms with Crippen molar-refractivity contribution in [2.75, 3.05) is 13.6 Å². The zero-order valence-corrected chi connectivity index (χ0v) is 13.9. The van der Waals surface area contributed by atoms with Crippen LogP contribution < -0.4 is 0 Å². The summed E-state index contributed by atoms with van der Waals surface area (Å²) in [6, 6.07) is 7.94. The molecule has 0 aliphatic heterocycles. The van der Waals surface area contributed by atoms with E-state index in [1.165, 1.54) is 12.8 Å². The Morgan fingerprint density at radius 2 is 2.10 bits per heavy atom. The third-order valence-electron chi connectivity index (χ3n) is 4.50. The number of ketones is 1. The van der Waals surface area contributed by atoms with Crippen molar-refractivity contribution in [1.29, 1.82) is 0 Å². The van der Waals surface area contributed by atoms with Crippen LogP contribution in [0.25, 0.3) is 0 Å². The van der Waals surface area contributed by atoms with Gasteiger partial charge in [0, 0.05) is 30.5 Å².